The summed E-state index contributed by atoms with van der Waals surface area (Å²) in [5.74, 6) is -1.21. The quantitative estimate of drug-likeness (QED) is 0.324. The van der Waals surface area contributed by atoms with Crippen LogP contribution < -0.4 is 0 Å². The zero-order chi connectivity index (χ0) is 19.1. The summed E-state index contributed by atoms with van der Waals surface area (Å²) in [6.45, 7) is 4.46. The van der Waals surface area contributed by atoms with Crippen molar-refractivity contribution in [3.63, 3.8) is 0 Å². The van der Waals surface area contributed by atoms with Gasteiger partial charge in [-0.25, -0.2) is 0 Å². The highest BCUT2D eigenvalue weighted by Crippen LogP contribution is 2.38. The van der Waals surface area contributed by atoms with E-state index in [1.54, 1.807) is 0 Å². The van der Waals surface area contributed by atoms with Crippen LogP contribution in [-0.4, -0.2) is 42.2 Å². The molecule has 2 unspecified atom stereocenters. The maximum Gasteiger partial charge on any atom is 0.303 e. The second kappa shape index (κ2) is 9.47. The number of azide groups is 1. The van der Waals surface area contributed by atoms with Gasteiger partial charge < -0.3 is 14.2 Å². The highest BCUT2D eigenvalue weighted by molar-refractivity contribution is 7.99. The number of hydrogen-bond acceptors (Lipinski definition) is 7. The molecule has 0 aromatic heterocycles. The Balaban J connectivity index is 2.29. The smallest absolute Gasteiger partial charge is 0.303 e. The van der Waals surface area contributed by atoms with Crippen LogP contribution in [0.2, 0.25) is 0 Å². The minimum atomic E-state index is -0.753. The van der Waals surface area contributed by atoms with Crippen LogP contribution in [0, 0.1) is 5.92 Å². The average Bonchev–Trinajstić information content (AvgIpc) is 2.59. The summed E-state index contributed by atoms with van der Waals surface area (Å²) in [4.78, 5) is 26.5. The second-order valence-electron chi connectivity index (χ2n) is 5.91. The molecule has 0 saturated carbocycles. The third-order valence-corrected chi connectivity index (χ3v) is 5.13. The maximum absolute atomic E-state index is 11.6. The summed E-state index contributed by atoms with van der Waals surface area (Å²) in [5, 5.41) is 3.84. The molecule has 26 heavy (non-hydrogen) atoms. The molecule has 1 aromatic rings. The molecule has 0 amide bonds. The molecule has 1 aromatic carbocycles. The van der Waals surface area contributed by atoms with Gasteiger partial charge in [0.25, 0.3) is 0 Å². The van der Waals surface area contributed by atoms with Crippen molar-refractivity contribution in [1.29, 1.82) is 0 Å². The molecule has 1 aliphatic rings. The monoisotopic (exact) mass is 379 g/mol. The first-order chi connectivity index (χ1) is 12.4. The molecular weight excluding hydrogens is 358 g/mol. The molecule has 0 bridgehead atoms. The number of esters is 2. The van der Waals surface area contributed by atoms with Gasteiger partial charge in [-0.05, 0) is 23.6 Å². The number of nitrogens with zero attached hydrogens (tertiary/aromatic N) is 3. The van der Waals surface area contributed by atoms with Gasteiger partial charge in [0, 0.05) is 23.7 Å². The lowest BCUT2D eigenvalue weighted by Gasteiger charge is -2.43. The lowest BCUT2D eigenvalue weighted by Crippen LogP contribution is -2.54. The zero-order valence-corrected chi connectivity index (χ0v) is 15.6. The molecule has 2 rings (SSSR count). The van der Waals surface area contributed by atoms with E-state index in [1.807, 2.05) is 37.3 Å². The molecule has 5 atom stereocenters. The fourth-order valence-corrected chi connectivity index (χ4v) is 3.85. The molecule has 9 heteroatoms. The van der Waals surface area contributed by atoms with E-state index in [2.05, 4.69) is 10.0 Å². The Morgan fingerprint density at radius 3 is 2.54 bits per heavy atom. The summed E-state index contributed by atoms with van der Waals surface area (Å²) in [6.07, 6.45) is -1.24. The number of carbonyl (C=O) groups excluding carboxylic acids is 2. The van der Waals surface area contributed by atoms with E-state index < -0.39 is 35.6 Å². The minimum Gasteiger partial charge on any atom is -0.463 e. The van der Waals surface area contributed by atoms with Crippen LogP contribution >= 0.6 is 11.8 Å². The summed E-state index contributed by atoms with van der Waals surface area (Å²) in [6, 6.07) is 8.83. The number of ether oxygens (including phenoxy) is 3. The molecule has 1 fully saturated rings. The van der Waals surface area contributed by atoms with E-state index in [0.717, 1.165) is 4.90 Å². The van der Waals surface area contributed by atoms with E-state index in [0.29, 0.717) is 0 Å². The van der Waals surface area contributed by atoms with Crippen LogP contribution in [0.25, 0.3) is 10.4 Å². The van der Waals surface area contributed by atoms with E-state index in [1.165, 1.54) is 25.6 Å². The molecule has 1 heterocycles. The standard InChI is InChI=1S/C17H21N3O5S/c1-10-14(9-23-11(2)21)25-17(26-13-7-5-4-6-8-13)16(24-12(3)22)15(10)19-20-18/h4-8,10,14-17H,9H2,1-3H3/t10-,14?,15?,16-,17-/m0/s1. The van der Waals surface area contributed by atoms with Gasteiger partial charge in [0.2, 0.25) is 0 Å². The first-order valence-corrected chi connectivity index (χ1v) is 9.02. The fourth-order valence-electron chi connectivity index (χ4n) is 2.72. The van der Waals surface area contributed by atoms with Gasteiger partial charge in [0.15, 0.2) is 0 Å². The van der Waals surface area contributed by atoms with Crippen LogP contribution in [0.1, 0.15) is 20.8 Å². The Hall–Kier alpha value is -2.22. The first kappa shape index (κ1) is 20.1. The van der Waals surface area contributed by atoms with Crippen molar-refractivity contribution in [2.24, 2.45) is 11.0 Å². The molecule has 0 N–H and O–H groups in total. The van der Waals surface area contributed by atoms with Crippen molar-refractivity contribution < 1.29 is 23.8 Å². The summed E-state index contributed by atoms with van der Waals surface area (Å²) in [7, 11) is 0. The van der Waals surface area contributed by atoms with Gasteiger partial charge >= 0.3 is 11.9 Å². The third-order valence-electron chi connectivity index (χ3n) is 3.97. The van der Waals surface area contributed by atoms with Crippen molar-refractivity contribution in [3.8, 4) is 0 Å². The lowest BCUT2D eigenvalue weighted by atomic mass is 9.89. The normalized spacial score (nSPS) is 27.9. The predicted octanol–water partition coefficient (Wildman–Crippen LogP) is 3.31. The van der Waals surface area contributed by atoms with Crippen molar-refractivity contribution in [3.05, 3.63) is 40.8 Å². The molecule has 1 aliphatic heterocycles. The largest absolute Gasteiger partial charge is 0.463 e. The van der Waals surface area contributed by atoms with E-state index in [4.69, 9.17) is 19.7 Å². The van der Waals surface area contributed by atoms with Crippen LogP contribution in [-0.2, 0) is 23.8 Å². The number of rotatable bonds is 6. The minimum absolute atomic E-state index is 0.0343. The van der Waals surface area contributed by atoms with Gasteiger partial charge in [-0.1, -0.05) is 42.0 Å². The molecule has 8 nitrogen and oxygen atoms in total. The fraction of sp³-hybridized carbons (Fsp3) is 0.529. The van der Waals surface area contributed by atoms with Gasteiger partial charge in [0.1, 0.15) is 18.1 Å². The topological polar surface area (TPSA) is 111 Å². The number of carbonyl (C=O) groups is 2. The maximum atomic E-state index is 11.6. The third kappa shape index (κ3) is 5.39. The van der Waals surface area contributed by atoms with Crippen molar-refractivity contribution in [1.82, 2.24) is 0 Å². The first-order valence-electron chi connectivity index (χ1n) is 8.14. The van der Waals surface area contributed by atoms with Crippen molar-refractivity contribution in [2.45, 2.75) is 49.4 Å². The van der Waals surface area contributed by atoms with E-state index >= 15 is 0 Å². The Labute approximate surface area is 155 Å². The predicted molar refractivity (Wildman–Crippen MR) is 95.2 cm³/mol. The lowest BCUT2D eigenvalue weighted by molar-refractivity contribution is -0.176. The van der Waals surface area contributed by atoms with Gasteiger partial charge in [-0.2, -0.15) is 0 Å². The highest BCUT2D eigenvalue weighted by atomic mass is 32.2. The summed E-state index contributed by atoms with van der Waals surface area (Å²) in [5.41, 5.74) is 8.35. The highest BCUT2D eigenvalue weighted by Gasteiger charge is 2.46. The van der Waals surface area contributed by atoms with Crippen LogP contribution in [0.15, 0.2) is 40.3 Å². The van der Waals surface area contributed by atoms with Crippen molar-refractivity contribution in [2.75, 3.05) is 6.61 Å². The molecule has 140 valence electrons. The summed E-state index contributed by atoms with van der Waals surface area (Å²) < 4.78 is 16.6. The Bertz CT molecular complexity index is 680. The molecule has 0 radical (unpaired) electrons. The summed E-state index contributed by atoms with van der Waals surface area (Å²) >= 11 is 1.36. The molecule has 0 spiro atoms. The SMILES string of the molecule is CC(=O)OCC1O[C@@H](Sc2ccccc2)[C@@H](OC(C)=O)C(N=[N+]=[N-])[C@H]1C. The zero-order valence-electron chi connectivity index (χ0n) is 14.8. The average molecular weight is 379 g/mol. The van der Waals surface area contributed by atoms with Gasteiger partial charge in [0.05, 0.1) is 12.1 Å². The van der Waals surface area contributed by atoms with Gasteiger partial charge in [-0.15, -0.1) is 0 Å². The number of hydrogen-bond donors (Lipinski definition) is 0. The van der Waals surface area contributed by atoms with Crippen LogP contribution in [0.5, 0.6) is 0 Å². The van der Waals surface area contributed by atoms with Crippen molar-refractivity contribution >= 4 is 23.7 Å². The van der Waals surface area contributed by atoms with Crippen LogP contribution in [0.3, 0.4) is 0 Å². The molecule has 1 saturated heterocycles. The number of thioether (sulfide) groups is 1. The Morgan fingerprint density at radius 2 is 1.96 bits per heavy atom. The Morgan fingerprint density at radius 1 is 1.27 bits per heavy atom. The van der Waals surface area contributed by atoms with E-state index in [9.17, 15) is 9.59 Å². The molecular formula is C17H21N3O5S. The number of benzene rings is 1. The Kier molecular flexibility index (Phi) is 7.32. The van der Waals surface area contributed by atoms with E-state index in [-0.39, 0.29) is 12.5 Å². The molecule has 0 aliphatic carbocycles. The second-order valence-corrected chi connectivity index (χ2v) is 7.08. The van der Waals surface area contributed by atoms with Gasteiger partial charge in [-0.3, -0.25) is 9.59 Å². The van der Waals surface area contributed by atoms with Crippen LogP contribution in [0.4, 0.5) is 0 Å².